The van der Waals surface area contributed by atoms with Crippen LogP contribution in [0.3, 0.4) is 0 Å². The van der Waals surface area contributed by atoms with Crippen molar-refractivity contribution in [3.8, 4) is 0 Å². The van der Waals surface area contributed by atoms with Gasteiger partial charge in [-0.2, -0.15) is 4.99 Å². The third-order valence-electron chi connectivity index (χ3n) is 2.92. The highest BCUT2D eigenvalue weighted by molar-refractivity contribution is 7.22. The van der Waals surface area contributed by atoms with Gasteiger partial charge in [0, 0.05) is 10.4 Å². The molecule has 0 bridgehead atoms. The van der Waals surface area contributed by atoms with Crippen molar-refractivity contribution in [2.75, 3.05) is 5.32 Å². The van der Waals surface area contributed by atoms with Crippen molar-refractivity contribution >= 4 is 66.6 Å². The molecule has 3 rings (SSSR count). The molecule has 0 radical (unpaired) electrons. The zero-order valence-corrected chi connectivity index (χ0v) is 14.2. The number of nitrogens with zero attached hydrogens (tertiary/aromatic N) is 3. The first-order valence-corrected chi connectivity index (χ1v) is 8.43. The van der Waals surface area contributed by atoms with Gasteiger partial charge in [-0.1, -0.05) is 22.9 Å². The molecule has 7 nitrogen and oxygen atoms in total. The largest absolute Gasteiger partial charge is 0.370 e. The number of guanidine groups is 1. The van der Waals surface area contributed by atoms with E-state index in [4.69, 9.17) is 23.1 Å². The number of hydrogen-bond donors (Lipinski definition) is 3. The molecule has 23 heavy (non-hydrogen) atoms. The molecule has 0 unspecified atom stereocenters. The summed E-state index contributed by atoms with van der Waals surface area (Å²) in [5.74, 6) is -0.481. The van der Waals surface area contributed by atoms with Crippen molar-refractivity contribution < 1.29 is 4.79 Å². The molecule has 10 heteroatoms. The Labute approximate surface area is 144 Å². The Morgan fingerprint density at radius 1 is 1.35 bits per heavy atom. The Balaban J connectivity index is 1.84. The van der Waals surface area contributed by atoms with Crippen LogP contribution in [-0.2, 0) is 0 Å². The van der Waals surface area contributed by atoms with Gasteiger partial charge in [-0.3, -0.25) is 10.1 Å². The molecule has 0 atom stereocenters. The van der Waals surface area contributed by atoms with E-state index in [-0.39, 0.29) is 17.6 Å². The van der Waals surface area contributed by atoms with Gasteiger partial charge >= 0.3 is 0 Å². The Bertz CT molecular complexity index is 928. The quantitative estimate of drug-likeness (QED) is 0.486. The lowest BCUT2D eigenvalue weighted by Gasteiger charge is -1.97. The van der Waals surface area contributed by atoms with Gasteiger partial charge < -0.3 is 11.5 Å². The Kier molecular flexibility index (Phi) is 4.16. The van der Waals surface area contributed by atoms with E-state index >= 15 is 0 Å². The van der Waals surface area contributed by atoms with E-state index in [1.54, 1.807) is 5.38 Å². The van der Waals surface area contributed by atoms with Crippen molar-refractivity contribution in [1.82, 2.24) is 9.97 Å². The summed E-state index contributed by atoms with van der Waals surface area (Å²) in [6.07, 6.45) is 0. The zero-order valence-electron chi connectivity index (χ0n) is 11.8. The highest BCUT2D eigenvalue weighted by Gasteiger charge is 2.14. The summed E-state index contributed by atoms with van der Waals surface area (Å²) < 4.78 is 0.946. The third-order valence-corrected chi connectivity index (χ3v) is 5.00. The highest BCUT2D eigenvalue weighted by Crippen LogP contribution is 2.32. The Morgan fingerprint density at radius 2 is 2.13 bits per heavy atom. The van der Waals surface area contributed by atoms with Crippen LogP contribution >= 0.6 is 34.3 Å². The molecule has 1 amide bonds. The number of rotatable bonds is 3. The normalized spacial score (nSPS) is 10.7. The maximum absolute atomic E-state index is 12.2. The van der Waals surface area contributed by atoms with E-state index in [0.29, 0.717) is 15.3 Å². The smallest absolute Gasteiger partial charge is 0.276 e. The molecular formula is C13H11ClN6OS2. The second kappa shape index (κ2) is 6.11. The van der Waals surface area contributed by atoms with Crippen molar-refractivity contribution in [1.29, 1.82) is 0 Å². The summed E-state index contributed by atoms with van der Waals surface area (Å²) in [5.41, 5.74) is 12.4. The number of aliphatic imine (C=N–C) groups is 1. The lowest BCUT2D eigenvalue weighted by atomic mass is 10.2. The highest BCUT2D eigenvalue weighted by atomic mass is 35.5. The molecule has 0 spiro atoms. The number of halogens is 1. The van der Waals surface area contributed by atoms with Crippen molar-refractivity contribution in [2.45, 2.75) is 6.92 Å². The molecule has 5 N–H and O–H groups in total. The first-order chi connectivity index (χ1) is 10.9. The number of benzene rings is 1. The molecule has 2 aromatic heterocycles. The summed E-state index contributed by atoms with van der Waals surface area (Å²) in [4.78, 5) is 24.5. The number of amides is 1. The van der Waals surface area contributed by atoms with Crippen LogP contribution in [0.2, 0.25) is 5.02 Å². The van der Waals surface area contributed by atoms with Gasteiger partial charge in [-0.15, -0.1) is 11.3 Å². The SMILES string of the molecule is Cc1c(Cl)ccc2sc(NC(=O)c3csc(N=C(N)N)n3)nc12. The van der Waals surface area contributed by atoms with E-state index in [0.717, 1.165) is 15.8 Å². The molecule has 3 aromatic rings. The number of nitrogens with two attached hydrogens (primary N) is 2. The lowest BCUT2D eigenvalue weighted by Crippen LogP contribution is -2.21. The van der Waals surface area contributed by atoms with Gasteiger partial charge in [0.1, 0.15) is 5.69 Å². The minimum Gasteiger partial charge on any atom is -0.370 e. The molecular weight excluding hydrogens is 356 g/mol. The summed E-state index contributed by atoms with van der Waals surface area (Å²) in [6.45, 7) is 1.89. The minimum atomic E-state index is -0.374. The summed E-state index contributed by atoms with van der Waals surface area (Å²) >= 11 is 8.62. The third kappa shape index (κ3) is 3.26. The number of aromatic nitrogens is 2. The maximum atomic E-state index is 12.2. The Morgan fingerprint density at radius 3 is 2.87 bits per heavy atom. The molecule has 0 fully saturated rings. The topological polar surface area (TPSA) is 119 Å². The summed E-state index contributed by atoms with van der Waals surface area (Å²) in [7, 11) is 0. The average molecular weight is 367 g/mol. The molecule has 0 aliphatic heterocycles. The van der Waals surface area contributed by atoms with Crippen LogP contribution in [0.1, 0.15) is 16.1 Å². The van der Waals surface area contributed by atoms with Crippen LogP contribution in [0.25, 0.3) is 10.2 Å². The van der Waals surface area contributed by atoms with E-state index in [2.05, 4.69) is 20.3 Å². The second-order valence-electron chi connectivity index (χ2n) is 4.54. The summed E-state index contributed by atoms with van der Waals surface area (Å²) in [5, 5.41) is 5.74. The van der Waals surface area contributed by atoms with Gasteiger partial charge in [0.25, 0.3) is 5.91 Å². The molecule has 0 saturated heterocycles. The molecule has 2 heterocycles. The lowest BCUT2D eigenvalue weighted by molar-refractivity contribution is 0.102. The fraction of sp³-hybridized carbons (Fsp3) is 0.0769. The predicted molar refractivity (Wildman–Crippen MR) is 94.9 cm³/mol. The van der Waals surface area contributed by atoms with E-state index < -0.39 is 0 Å². The fourth-order valence-electron chi connectivity index (χ4n) is 1.85. The van der Waals surface area contributed by atoms with E-state index in [9.17, 15) is 4.79 Å². The van der Waals surface area contributed by atoms with Gasteiger partial charge in [0.2, 0.25) is 5.13 Å². The number of fused-ring (bicyclic) bond motifs is 1. The van der Waals surface area contributed by atoms with Crippen LogP contribution in [-0.4, -0.2) is 21.8 Å². The first kappa shape index (κ1) is 15.7. The van der Waals surface area contributed by atoms with Crippen molar-refractivity contribution in [3.63, 3.8) is 0 Å². The van der Waals surface area contributed by atoms with Crippen LogP contribution in [0.15, 0.2) is 22.5 Å². The monoisotopic (exact) mass is 366 g/mol. The molecule has 0 aliphatic carbocycles. The Hall–Kier alpha value is -2.23. The van der Waals surface area contributed by atoms with Gasteiger partial charge in [0.15, 0.2) is 11.1 Å². The van der Waals surface area contributed by atoms with Crippen molar-refractivity contribution in [2.24, 2.45) is 16.5 Å². The minimum absolute atomic E-state index is 0.107. The average Bonchev–Trinajstić information content (AvgIpc) is 3.09. The number of carbonyl (C=O) groups excluding carboxylic acids is 1. The van der Waals surface area contributed by atoms with Crippen LogP contribution in [0, 0.1) is 6.92 Å². The van der Waals surface area contributed by atoms with Crippen molar-refractivity contribution in [3.05, 3.63) is 33.8 Å². The first-order valence-electron chi connectivity index (χ1n) is 6.36. The van der Waals surface area contributed by atoms with Gasteiger partial charge in [-0.25, -0.2) is 9.97 Å². The fourth-order valence-corrected chi connectivity index (χ4v) is 3.60. The van der Waals surface area contributed by atoms with Crippen LogP contribution in [0.4, 0.5) is 10.3 Å². The zero-order chi connectivity index (χ0) is 16.6. The summed E-state index contributed by atoms with van der Waals surface area (Å²) in [6, 6.07) is 3.68. The van der Waals surface area contributed by atoms with Crippen LogP contribution in [0.5, 0.6) is 0 Å². The number of nitrogens with one attached hydrogen (secondary N) is 1. The molecule has 118 valence electrons. The number of carbonyl (C=O) groups is 1. The number of thiazole rings is 2. The number of aryl methyl sites for hydroxylation is 1. The maximum Gasteiger partial charge on any atom is 0.276 e. The second-order valence-corrected chi connectivity index (χ2v) is 6.82. The van der Waals surface area contributed by atoms with E-state index in [1.165, 1.54) is 22.7 Å². The van der Waals surface area contributed by atoms with Gasteiger partial charge in [0.05, 0.1) is 10.2 Å². The van der Waals surface area contributed by atoms with Gasteiger partial charge in [-0.05, 0) is 24.6 Å². The predicted octanol–water partition coefficient (Wildman–Crippen LogP) is 2.87. The standard InChI is InChI=1S/C13H11ClN6OS2/c1-5-6(14)2-3-8-9(5)18-13(23-8)19-10(21)7-4-22-12(17-7)20-11(15)16/h2-4H,1H3,(H,18,19,21)(H4,15,16,17,20). The molecule has 0 saturated carbocycles. The number of anilines is 1. The molecule has 0 aliphatic rings. The van der Waals surface area contributed by atoms with Crippen LogP contribution < -0.4 is 16.8 Å². The molecule has 1 aromatic carbocycles. The number of hydrogen-bond acceptors (Lipinski definition) is 6. The van der Waals surface area contributed by atoms with E-state index in [1.807, 2.05) is 19.1 Å².